The molecule has 1 aromatic heterocycles. The van der Waals surface area contributed by atoms with Gasteiger partial charge in [0, 0.05) is 12.4 Å². The van der Waals surface area contributed by atoms with Crippen LogP contribution in [0.25, 0.3) is 10.9 Å². The maximum Gasteiger partial charge on any atom is 0.166 e. The highest BCUT2D eigenvalue weighted by Gasteiger charge is 2.31. The Morgan fingerprint density at radius 1 is 1.24 bits per heavy atom. The molecule has 88 valence electrons. The van der Waals surface area contributed by atoms with Crippen LogP contribution in [-0.4, -0.2) is 10.9 Å². The minimum absolute atomic E-state index is 0.611. The molecule has 0 spiro atoms. The predicted octanol–water partition coefficient (Wildman–Crippen LogP) is 3.49. The maximum absolute atomic E-state index is 11.4. The third kappa shape index (κ3) is 1.36. The summed E-state index contributed by atoms with van der Waals surface area (Å²) < 4.78 is 2.07. The van der Waals surface area contributed by atoms with Gasteiger partial charge < -0.3 is 4.57 Å². The molecule has 17 heavy (non-hydrogen) atoms. The average Bonchev–Trinajstić information content (AvgIpc) is 3.09. The molecule has 2 heteroatoms. The fourth-order valence-electron chi connectivity index (χ4n) is 2.93. The molecular formula is C15H17NO. The van der Waals surface area contributed by atoms with Gasteiger partial charge in [0.05, 0.1) is 11.2 Å². The van der Waals surface area contributed by atoms with Gasteiger partial charge in [-0.1, -0.05) is 12.1 Å². The molecule has 1 aromatic carbocycles. The summed E-state index contributed by atoms with van der Waals surface area (Å²) in [6.07, 6.45) is 3.48. The number of fused-ring (bicyclic) bond motifs is 1. The van der Waals surface area contributed by atoms with Crippen molar-refractivity contribution in [3.05, 3.63) is 34.5 Å². The molecule has 2 nitrogen and oxygen atoms in total. The lowest BCUT2D eigenvalue weighted by Crippen LogP contribution is -1.97. The van der Waals surface area contributed by atoms with E-state index in [9.17, 15) is 4.79 Å². The summed E-state index contributed by atoms with van der Waals surface area (Å²) in [7, 11) is 2.00. The summed E-state index contributed by atoms with van der Waals surface area (Å²) in [5.74, 6) is 0.611. The highest BCUT2D eigenvalue weighted by atomic mass is 16.1. The van der Waals surface area contributed by atoms with Gasteiger partial charge >= 0.3 is 0 Å². The lowest BCUT2D eigenvalue weighted by Gasteiger charge is -2.04. The van der Waals surface area contributed by atoms with Crippen molar-refractivity contribution in [2.24, 2.45) is 7.05 Å². The minimum atomic E-state index is 0.611. The van der Waals surface area contributed by atoms with Crippen LogP contribution in [0.4, 0.5) is 0 Å². The van der Waals surface area contributed by atoms with Crippen LogP contribution < -0.4 is 0 Å². The normalized spacial score (nSPS) is 15.5. The van der Waals surface area contributed by atoms with Crippen LogP contribution in [0.15, 0.2) is 12.1 Å². The van der Waals surface area contributed by atoms with Crippen molar-refractivity contribution in [1.29, 1.82) is 0 Å². The third-order valence-electron chi connectivity index (χ3n) is 3.93. The van der Waals surface area contributed by atoms with Gasteiger partial charge in [-0.2, -0.15) is 0 Å². The Morgan fingerprint density at radius 2 is 1.88 bits per heavy atom. The third-order valence-corrected chi connectivity index (χ3v) is 3.93. The zero-order valence-corrected chi connectivity index (χ0v) is 10.6. The highest BCUT2D eigenvalue weighted by molar-refractivity contribution is 5.97. The van der Waals surface area contributed by atoms with Crippen molar-refractivity contribution in [1.82, 2.24) is 4.57 Å². The Labute approximate surface area is 101 Å². The zero-order chi connectivity index (χ0) is 12.2. The number of aryl methyl sites for hydroxylation is 3. The number of benzene rings is 1. The lowest BCUT2D eigenvalue weighted by molar-refractivity contribution is 0.111. The monoisotopic (exact) mass is 227 g/mol. The second-order valence-corrected chi connectivity index (χ2v) is 5.17. The Balaban J connectivity index is 2.51. The molecule has 0 radical (unpaired) electrons. The Kier molecular flexibility index (Phi) is 2.15. The summed E-state index contributed by atoms with van der Waals surface area (Å²) in [6, 6.07) is 4.31. The summed E-state index contributed by atoms with van der Waals surface area (Å²) in [4.78, 5) is 11.4. The van der Waals surface area contributed by atoms with Gasteiger partial charge in [-0.15, -0.1) is 0 Å². The molecule has 3 rings (SSSR count). The Bertz CT molecular complexity index is 618. The van der Waals surface area contributed by atoms with E-state index in [2.05, 4.69) is 30.5 Å². The number of hydrogen-bond acceptors (Lipinski definition) is 1. The van der Waals surface area contributed by atoms with Crippen molar-refractivity contribution in [3.63, 3.8) is 0 Å². The van der Waals surface area contributed by atoms with E-state index in [-0.39, 0.29) is 0 Å². The number of rotatable bonds is 2. The summed E-state index contributed by atoms with van der Waals surface area (Å²) in [5.41, 5.74) is 5.94. The van der Waals surface area contributed by atoms with E-state index < -0.39 is 0 Å². The van der Waals surface area contributed by atoms with E-state index >= 15 is 0 Å². The molecule has 2 aromatic rings. The lowest BCUT2D eigenvalue weighted by atomic mass is 10.0. The summed E-state index contributed by atoms with van der Waals surface area (Å²) in [5, 5.41) is 1.32. The first-order chi connectivity index (χ1) is 8.15. The zero-order valence-electron chi connectivity index (χ0n) is 10.6. The minimum Gasteiger partial charge on any atom is -0.341 e. The van der Waals surface area contributed by atoms with E-state index in [4.69, 9.17) is 0 Å². The van der Waals surface area contributed by atoms with Gasteiger partial charge in [-0.05, 0) is 49.3 Å². The van der Waals surface area contributed by atoms with Crippen molar-refractivity contribution >= 4 is 17.2 Å². The summed E-state index contributed by atoms with van der Waals surface area (Å²) >= 11 is 0. The van der Waals surface area contributed by atoms with Gasteiger partial charge in [0.15, 0.2) is 6.29 Å². The second-order valence-electron chi connectivity index (χ2n) is 5.17. The van der Waals surface area contributed by atoms with Crippen molar-refractivity contribution in [3.8, 4) is 0 Å². The average molecular weight is 227 g/mol. The van der Waals surface area contributed by atoms with E-state index in [0.717, 1.165) is 12.0 Å². The van der Waals surface area contributed by atoms with E-state index in [1.165, 1.54) is 40.4 Å². The molecule has 1 heterocycles. The van der Waals surface area contributed by atoms with Gasteiger partial charge in [-0.3, -0.25) is 4.79 Å². The SMILES string of the molecule is Cc1ccc(C)c2c1c(C1CC1)c(C=O)n2C. The first-order valence-corrected chi connectivity index (χ1v) is 6.18. The van der Waals surface area contributed by atoms with Gasteiger partial charge in [0.25, 0.3) is 0 Å². The molecule has 0 atom stereocenters. The molecule has 1 fully saturated rings. The number of nitrogens with zero attached hydrogens (tertiary/aromatic N) is 1. The predicted molar refractivity (Wildman–Crippen MR) is 69.8 cm³/mol. The largest absolute Gasteiger partial charge is 0.341 e. The Hall–Kier alpha value is -1.57. The fourth-order valence-corrected chi connectivity index (χ4v) is 2.93. The number of aromatic nitrogens is 1. The topological polar surface area (TPSA) is 22.0 Å². The van der Waals surface area contributed by atoms with Crippen LogP contribution in [-0.2, 0) is 7.05 Å². The second kappa shape index (κ2) is 3.46. The van der Waals surface area contributed by atoms with E-state index in [1.54, 1.807) is 0 Å². The van der Waals surface area contributed by atoms with Crippen molar-refractivity contribution in [2.45, 2.75) is 32.6 Å². The summed E-state index contributed by atoms with van der Waals surface area (Å²) in [6.45, 7) is 4.26. The number of carbonyl (C=O) groups is 1. The maximum atomic E-state index is 11.4. The Morgan fingerprint density at radius 3 is 2.47 bits per heavy atom. The molecule has 0 saturated heterocycles. The molecule has 0 aliphatic heterocycles. The molecule has 0 bridgehead atoms. The van der Waals surface area contributed by atoms with Crippen molar-refractivity contribution < 1.29 is 4.79 Å². The fraction of sp³-hybridized carbons (Fsp3) is 0.400. The van der Waals surface area contributed by atoms with Crippen LogP contribution in [0.3, 0.4) is 0 Å². The number of hydrogen-bond donors (Lipinski definition) is 0. The van der Waals surface area contributed by atoms with Gasteiger partial charge in [0.2, 0.25) is 0 Å². The van der Waals surface area contributed by atoms with Gasteiger partial charge in [-0.25, -0.2) is 0 Å². The van der Waals surface area contributed by atoms with Crippen molar-refractivity contribution in [2.75, 3.05) is 0 Å². The molecule has 1 saturated carbocycles. The first kappa shape index (κ1) is 10.6. The molecule has 1 aliphatic carbocycles. The van der Waals surface area contributed by atoms with Crippen LogP contribution >= 0.6 is 0 Å². The van der Waals surface area contributed by atoms with Crippen LogP contribution in [0.1, 0.15) is 45.9 Å². The number of aldehydes is 1. The van der Waals surface area contributed by atoms with E-state index in [0.29, 0.717) is 5.92 Å². The smallest absolute Gasteiger partial charge is 0.166 e. The standard InChI is InChI=1S/C15H17NO/c1-9-4-5-10(2)15-13(9)14(11-6-7-11)12(8-17)16(15)3/h4-5,8,11H,6-7H2,1-3H3. The first-order valence-electron chi connectivity index (χ1n) is 6.18. The quantitative estimate of drug-likeness (QED) is 0.720. The highest BCUT2D eigenvalue weighted by Crippen LogP contribution is 2.46. The molecule has 0 unspecified atom stereocenters. The number of carbonyl (C=O) groups excluding carboxylic acids is 1. The van der Waals surface area contributed by atoms with Crippen LogP contribution in [0, 0.1) is 13.8 Å². The molecule has 1 aliphatic rings. The van der Waals surface area contributed by atoms with Gasteiger partial charge in [0.1, 0.15) is 0 Å². The van der Waals surface area contributed by atoms with E-state index in [1.807, 2.05) is 7.05 Å². The van der Waals surface area contributed by atoms with Crippen LogP contribution in [0.5, 0.6) is 0 Å². The molecular weight excluding hydrogens is 210 g/mol. The molecule has 0 amide bonds. The van der Waals surface area contributed by atoms with Crippen LogP contribution in [0.2, 0.25) is 0 Å². The molecule has 0 N–H and O–H groups in total.